The van der Waals surface area contributed by atoms with Crippen molar-refractivity contribution in [1.29, 1.82) is 0 Å². The molecule has 0 bridgehead atoms. The zero-order chi connectivity index (χ0) is 9.84. The van der Waals surface area contributed by atoms with E-state index in [0.29, 0.717) is 0 Å². The molecule has 3 nitrogen and oxygen atoms in total. The van der Waals surface area contributed by atoms with Gasteiger partial charge in [-0.05, 0) is 24.1 Å². The second-order valence-corrected chi connectivity index (χ2v) is 3.46. The van der Waals surface area contributed by atoms with Gasteiger partial charge in [0.15, 0.2) is 0 Å². The quantitative estimate of drug-likeness (QED) is 0.590. The Hall–Kier alpha value is -1.16. The number of benzene rings is 1. The van der Waals surface area contributed by atoms with Gasteiger partial charge in [-0.15, -0.1) is 0 Å². The molecule has 0 aliphatic rings. The van der Waals surface area contributed by atoms with Crippen LogP contribution < -0.4 is 0 Å². The van der Waals surface area contributed by atoms with Crippen LogP contribution in [-0.4, -0.2) is 4.92 Å². The lowest BCUT2D eigenvalue weighted by atomic mass is 10.1. The summed E-state index contributed by atoms with van der Waals surface area (Å²) < 4.78 is 0.956. The third-order valence-corrected chi connectivity index (χ3v) is 2.44. The number of halogens is 1. The van der Waals surface area contributed by atoms with E-state index < -0.39 is 4.92 Å². The van der Waals surface area contributed by atoms with Crippen molar-refractivity contribution >= 4 is 22.0 Å². The monoisotopic (exact) mass is 241 g/mol. The molecule has 0 N–H and O–H groups in total. The summed E-state index contributed by atoms with van der Waals surface area (Å²) in [6, 6.07) is 5.58. The first-order chi connectivity index (χ1) is 6.09. The summed E-state index contributed by atoms with van der Waals surface area (Å²) in [5.74, 6) is 0. The predicted molar refractivity (Wildman–Crippen MR) is 54.9 cm³/mol. The molecule has 0 radical (unpaired) electrons. The first kappa shape index (κ1) is 9.92. The summed E-state index contributed by atoms with van der Waals surface area (Å²) in [5.41, 5.74) is 1.92. The van der Waals surface area contributed by atoms with Crippen molar-refractivity contribution < 1.29 is 4.92 Å². The highest BCUT2D eigenvalue weighted by molar-refractivity contribution is 9.10. The number of rotatable bonds is 2. The molecule has 1 rings (SSSR count). The van der Waals surface area contributed by atoms with Crippen molar-refractivity contribution in [3.8, 4) is 0 Å². The number of hydrogen-bond donors (Lipinski definition) is 0. The molecule has 0 saturated carbocycles. The molecule has 0 aliphatic heterocycles. The van der Waals surface area contributed by atoms with Gasteiger partial charge in [-0.1, -0.05) is 28.1 Å². The third-order valence-electron chi connectivity index (χ3n) is 1.58. The smallest absolute Gasteiger partial charge is 0.235 e. The van der Waals surface area contributed by atoms with E-state index in [1.165, 1.54) is 6.08 Å². The molecule has 68 valence electrons. The molecule has 0 aliphatic carbocycles. The van der Waals surface area contributed by atoms with E-state index in [4.69, 9.17) is 0 Å². The molecule has 4 heteroatoms. The molecule has 0 saturated heterocycles. The number of nitro groups is 1. The van der Waals surface area contributed by atoms with E-state index >= 15 is 0 Å². The maximum Gasteiger partial charge on any atom is 0.235 e. The van der Waals surface area contributed by atoms with Crippen molar-refractivity contribution in [3.05, 3.63) is 50.1 Å². The molecule has 0 fully saturated rings. The Morgan fingerprint density at radius 1 is 1.54 bits per heavy atom. The average Bonchev–Trinajstić information content (AvgIpc) is 2.07. The highest BCUT2D eigenvalue weighted by Crippen LogP contribution is 2.18. The fourth-order valence-electron chi connectivity index (χ4n) is 0.860. The Morgan fingerprint density at radius 2 is 2.23 bits per heavy atom. The van der Waals surface area contributed by atoms with Crippen molar-refractivity contribution in [2.24, 2.45) is 0 Å². The van der Waals surface area contributed by atoms with Crippen LogP contribution in [0, 0.1) is 17.0 Å². The summed E-state index contributed by atoms with van der Waals surface area (Å²) in [4.78, 5) is 9.55. The SMILES string of the molecule is Cc1ccc(/C=C/[N+](=O)[O-])cc1Br. The van der Waals surface area contributed by atoms with Gasteiger partial charge in [0.25, 0.3) is 0 Å². The summed E-state index contributed by atoms with van der Waals surface area (Å²) >= 11 is 3.35. The van der Waals surface area contributed by atoms with Gasteiger partial charge >= 0.3 is 0 Å². The maximum atomic E-state index is 10.0. The molecule has 0 heterocycles. The van der Waals surface area contributed by atoms with Gasteiger partial charge in [-0.3, -0.25) is 10.1 Å². The standard InChI is InChI=1S/C9H8BrNO2/c1-7-2-3-8(6-9(7)10)4-5-11(12)13/h2-6H,1H3/b5-4+. The van der Waals surface area contributed by atoms with E-state index in [-0.39, 0.29) is 0 Å². The first-order valence-corrected chi connectivity index (χ1v) is 4.47. The minimum atomic E-state index is -0.478. The van der Waals surface area contributed by atoms with E-state index in [1.54, 1.807) is 0 Å². The van der Waals surface area contributed by atoms with Crippen LogP contribution in [0.15, 0.2) is 28.9 Å². The second kappa shape index (κ2) is 4.18. The van der Waals surface area contributed by atoms with Crippen LogP contribution in [0.3, 0.4) is 0 Å². The Morgan fingerprint density at radius 3 is 2.77 bits per heavy atom. The van der Waals surface area contributed by atoms with Crippen LogP contribution in [0.2, 0.25) is 0 Å². The van der Waals surface area contributed by atoms with Crippen LogP contribution in [0.25, 0.3) is 6.08 Å². The lowest BCUT2D eigenvalue weighted by Crippen LogP contribution is -1.83. The Kier molecular flexibility index (Phi) is 3.19. The van der Waals surface area contributed by atoms with Crippen molar-refractivity contribution in [3.63, 3.8) is 0 Å². The maximum absolute atomic E-state index is 10.0. The minimum Gasteiger partial charge on any atom is -0.259 e. The zero-order valence-corrected chi connectivity index (χ0v) is 8.61. The lowest BCUT2D eigenvalue weighted by Gasteiger charge is -1.97. The Balaban J connectivity index is 2.92. The normalized spacial score (nSPS) is 10.6. The van der Waals surface area contributed by atoms with Crippen LogP contribution in [0.5, 0.6) is 0 Å². The van der Waals surface area contributed by atoms with E-state index in [1.807, 2.05) is 25.1 Å². The summed E-state index contributed by atoms with van der Waals surface area (Å²) in [5, 5.41) is 10.0. The van der Waals surface area contributed by atoms with Gasteiger partial charge in [0.05, 0.1) is 4.92 Å². The average molecular weight is 242 g/mol. The molecular formula is C9H8BrNO2. The highest BCUT2D eigenvalue weighted by Gasteiger charge is 1.95. The molecule has 0 spiro atoms. The molecule has 1 aromatic rings. The molecule has 0 atom stereocenters. The van der Waals surface area contributed by atoms with Gasteiger partial charge in [0.2, 0.25) is 6.20 Å². The zero-order valence-electron chi connectivity index (χ0n) is 7.03. The molecule has 0 amide bonds. The van der Waals surface area contributed by atoms with E-state index in [2.05, 4.69) is 15.9 Å². The summed E-state index contributed by atoms with van der Waals surface area (Å²) in [7, 11) is 0. The van der Waals surface area contributed by atoms with Gasteiger partial charge in [0.1, 0.15) is 0 Å². The summed E-state index contributed by atoms with van der Waals surface area (Å²) in [6.07, 6.45) is 2.39. The highest BCUT2D eigenvalue weighted by atomic mass is 79.9. The number of hydrogen-bond acceptors (Lipinski definition) is 2. The van der Waals surface area contributed by atoms with E-state index in [9.17, 15) is 10.1 Å². The topological polar surface area (TPSA) is 43.1 Å². The van der Waals surface area contributed by atoms with Crippen molar-refractivity contribution in [2.75, 3.05) is 0 Å². The molecular weight excluding hydrogens is 234 g/mol. The Labute approximate surface area is 84.4 Å². The fourth-order valence-corrected chi connectivity index (χ4v) is 1.26. The van der Waals surface area contributed by atoms with Gasteiger partial charge in [-0.25, -0.2) is 0 Å². The van der Waals surface area contributed by atoms with Gasteiger partial charge in [0, 0.05) is 10.5 Å². The fraction of sp³-hybridized carbons (Fsp3) is 0.111. The van der Waals surface area contributed by atoms with Crippen LogP contribution in [0.4, 0.5) is 0 Å². The largest absolute Gasteiger partial charge is 0.259 e. The lowest BCUT2D eigenvalue weighted by molar-refractivity contribution is -0.400. The number of aryl methyl sites for hydroxylation is 1. The molecule has 0 unspecified atom stereocenters. The predicted octanol–water partition coefficient (Wildman–Crippen LogP) is 3.00. The van der Waals surface area contributed by atoms with E-state index in [0.717, 1.165) is 21.8 Å². The molecule has 0 aromatic heterocycles. The number of nitrogens with zero attached hydrogens (tertiary/aromatic N) is 1. The van der Waals surface area contributed by atoms with Crippen LogP contribution in [0.1, 0.15) is 11.1 Å². The molecule has 13 heavy (non-hydrogen) atoms. The minimum absolute atomic E-state index is 0.478. The van der Waals surface area contributed by atoms with Crippen molar-refractivity contribution in [1.82, 2.24) is 0 Å². The Bertz CT molecular complexity index is 361. The second-order valence-electron chi connectivity index (χ2n) is 2.61. The first-order valence-electron chi connectivity index (χ1n) is 3.67. The summed E-state index contributed by atoms with van der Waals surface area (Å²) in [6.45, 7) is 1.96. The van der Waals surface area contributed by atoms with Crippen molar-refractivity contribution in [2.45, 2.75) is 6.92 Å². The van der Waals surface area contributed by atoms with Gasteiger partial charge in [-0.2, -0.15) is 0 Å². The van der Waals surface area contributed by atoms with Gasteiger partial charge < -0.3 is 0 Å². The third kappa shape index (κ3) is 2.99. The molecule has 1 aromatic carbocycles. The van der Waals surface area contributed by atoms with Crippen LogP contribution in [-0.2, 0) is 0 Å². The van der Waals surface area contributed by atoms with Crippen LogP contribution >= 0.6 is 15.9 Å².